The molecular formula is C9H17N5O5. The predicted molar refractivity (Wildman–Crippen MR) is 62.4 cm³/mol. The van der Waals surface area contributed by atoms with Crippen LogP contribution in [-0.4, -0.2) is 82.1 Å². The van der Waals surface area contributed by atoms with Crippen molar-refractivity contribution in [1.29, 1.82) is 0 Å². The third kappa shape index (κ3) is 2.35. The number of nitrogens with zero attached hydrogens (tertiary/aromatic N) is 3. The fourth-order valence-electron chi connectivity index (χ4n) is 2.05. The van der Waals surface area contributed by atoms with Gasteiger partial charge in [-0.1, -0.05) is 0 Å². The summed E-state index contributed by atoms with van der Waals surface area (Å²) in [4.78, 5) is 16.7. The summed E-state index contributed by atoms with van der Waals surface area (Å²) in [6, 6.07) is -0.558. The number of nitrogens with two attached hydrogens (primary N) is 1. The Morgan fingerprint density at radius 2 is 2.21 bits per heavy atom. The normalized spacial score (nSPS) is 37.9. The van der Waals surface area contributed by atoms with Crippen LogP contribution in [-0.2, 0) is 4.74 Å². The lowest BCUT2D eigenvalue weighted by molar-refractivity contribution is -0.0901. The number of carbonyl (C=O) groups is 1. The molecule has 10 nitrogen and oxygen atoms in total. The highest BCUT2D eigenvalue weighted by atomic mass is 16.6. The molecule has 2 rings (SSSR count). The number of aliphatic hydroxyl groups excluding tert-OH is 3. The highest BCUT2D eigenvalue weighted by Crippen LogP contribution is 2.24. The van der Waals surface area contributed by atoms with E-state index in [4.69, 9.17) is 15.7 Å². The lowest BCUT2D eigenvalue weighted by Gasteiger charge is -2.38. The Balaban J connectivity index is 2.12. The molecular weight excluding hydrogens is 258 g/mol. The maximum absolute atomic E-state index is 11.9. The summed E-state index contributed by atoms with van der Waals surface area (Å²) in [6.07, 6.45) is -4.62. The maximum Gasteiger partial charge on any atom is 0.327 e. The average molecular weight is 275 g/mol. The van der Waals surface area contributed by atoms with E-state index in [1.54, 1.807) is 0 Å². The number of urea groups is 1. The Morgan fingerprint density at radius 3 is 2.74 bits per heavy atom. The van der Waals surface area contributed by atoms with Gasteiger partial charge in [0.05, 0.1) is 6.61 Å². The largest absolute Gasteiger partial charge is 0.394 e. The van der Waals surface area contributed by atoms with Crippen LogP contribution in [0, 0.1) is 0 Å². The molecule has 0 spiro atoms. The van der Waals surface area contributed by atoms with Crippen molar-refractivity contribution in [2.24, 2.45) is 10.8 Å². The van der Waals surface area contributed by atoms with E-state index in [0.717, 1.165) is 9.91 Å². The molecule has 2 unspecified atom stereocenters. The van der Waals surface area contributed by atoms with Gasteiger partial charge in [0.2, 0.25) is 5.96 Å². The summed E-state index contributed by atoms with van der Waals surface area (Å²) < 4.78 is 5.26. The van der Waals surface area contributed by atoms with E-state index < -0.39 is 37.2 Å². The number of amides is 2. The summed E-state index contributed by atoms with van der Waals surface area (Å²) >= 11 is 0. The first-order valence-electron chi connectivity index (χ1n) is 5.68. The number of hydrogen-bond acceptors (Lipinski definition) is 7. The number of hydrazine groups is 1. The first-order chi connectivity index (χ1) is 8.99. The molecule has 2 amide bonds. The lowest BCUT2D eigenvalue weighted by Crippen LogP contribution is -2.65. The average Bonchev–Trinajstić information content (AvgIpc) is 2.68. The van der Waals surface area contributed by atoms with Crippen LogP contribution in [0.25, 0.3) is 0 Å². The molecule has 2 fully saturated rings. The molecule has 0 aromatic heterocycles. The highest BCUT2D eigenvalue weighted by Gasteiger charge is 2.48. The fraction of sp³-hybridized carbons (Fsp3) is 0.778. The van der Waals surface area contributed by atoms with Crippen molar-refractivity contribution >= 4 is 12.0 Å². The summed E-state index contributed by atoms with van der Waals surface area (Å²) in [7, 11) is 1.47. The Bertz CT molecular complexity index is 391. The van der Waals surface area contributed by atoms with E-state index in [1.165, 1.54) is 7.05 Å². The molecule has 2 aliphatic heterocycles. The molecule has 19 heavy (non-hydrogen) atoms. The molecule has 0 bridgehead atoms. The first kappa shape index (κ1) is 14.0. The van der Waals surface area contributed by atoms with Crippen molar-refractivity contribution in [3.05, 3.63) is 0 Å². The molecule has 0 radical (unpaired) electrons. The SMILES string of the molecule is CN=C1NC(=O)N([C@@H]2O[C@H](CO)C(O)C2O)CN1N. The lowest BCUT2D eigenvalue weighted by atomic mass is 10.1. The minimum absolute atomic E-state index is 0.0644. The van der Waals surface area contributed by atoms with Gasteiger partial charge in [-0.2, -0.15) is 0 Å². The molecule has 0 aromatic carbocycles. The third-order valence-electron chi connectivity index (χ3n) is 3.09. The molecule has 10 heteroatoms. The number of rotatable bonds is 2. The van der Waals surface area contributed by atoms with E-state index >= 15 is 0 Å². The van der Waals surface area contributed by atoms with E-state index in [2.05, 4.69) is 10.3 Å². The van der Waals surface area contributed by atoms with Crippen LogP contribution in [0.15, 0.2) is 4.99 Å². The zero-order chi connectivity index (χ0) is 14.2. The van der Waals surface area contributed by atoms with E-state index in [-0.39, 0.29) is 12.6 Å². The number of nitrogens with one attached hydrogen (secondary N) is 1. The fourth-order valence-corrected chi connectivity index (χ4v) is 2.05. The van der Waals surface area contributed by atoms with E-state index in [1.807, 2.05) is 0 Å². The molecule has 0 aromatic rings. The zero-order valence-corrected chi connectivity index (χ0v) is 10.3. The van der Waals surface area contributed by atoms with Gasteiger partial charge in [-0.25, -0.2) is 10.6 Å². The third-order valence-corrected chi connectivity index (χ3v) is 3.09. The van der Waals surface area contributed by atoms with Gasteiger partial charge < -0.3 is 20.1 Å². The second kappa shape index (κ2) is 5.27. The number of hydrogen-bond donors (Lipinski definition) is 5. The second-order valence-corrected chi connectivity index (χ2v) is 4.29. The van der Waals surface area contributed by atoms with Crippen molar-refractivity contribution in [2.75, 3.05) is 20.3 Å². The van der Waals surface area contributed by atoms with Crippen molar-refractivity contribution in [2.45, 2.75) is 24.5 Å². The van der Waals surface area contributed by atoms with Crippen LogP contribution in [0.5, 0.6) is 0 Å². The van der Waals surface area contributed by atoms with Gasteiger partial charge in [-0.15, -0.1) is 0 Å². The van der Waals surface area contributed by atoms with Gasteiger partial charge in [-0.3, -0.25) is 20.2 Å². The molecule has 2 saturated heterocycles. The smallest absolute Gasteiger partial charge is 0.327 e. The maximum atomic E-state index is 11.9. The topological polar surface area (TPSA) is 144 Å². The van der Waals surface area contributed by atoms with Crippen LogP contribution in [0.2, 0.25) is 0 Å². The van der Waals surface area contributed by atoms with Crippen LogP contribution < -0.4 is 11.2 Å². The Morgan fingerprint density at radius 1 is 1.53 bits per heavy atom. The quantitative estimate of drug-likeness (QED) is 0.330. The summed E-state index contributed by atoms with van der Waals surface area (Å²) in [5.74, 6) is 5.84. The zero-order valence-electron chi connectivity index (χ0n) is 10.3. The molecule has 0 aliphatic carbocycles. The molecule has 2 aliphatic rings. The van der Waals surface area contributed by atoms with Gasteiger partial charge in [-0.05, 0) is 0 Å². The number of carbonyl (C=O) groups excluding carboxylic acids is 1. The minimum atomic E-state index is -1.32. The van der Waals surface area contributed by atoms with Crippen LogP contribution in [0.4, 0.5) is 4.79 Å². The summed E-state index contributed by atoms with van der Waals surface area (Å²) in [5.41, 5.74) is 0. The van der Waals surface area contributed by atoms with Gasteiger partial charge in [0.15, 0.2) is 6.23 Å². The number of ether oxygens (including phenoxy) is 1. The number of aliphatic imine (C=N–C) groups is 1. The van der Waals surface area contributed by atoms with Crippen molar-refractivity contribution in [3.63, 3.8) is 0 Å². The van der Waals surface area contributed by atoms with Crippen molar-refractivity contribution < 1.29 is 24.9 Å². The van der Waals surface area contributed by atoms with Gasteiger partial charge in [0.1, 0.15) is 25.0 Å². The standard InChI is InChI=1S/C9H17N5O5/c1-11-8-12-9(18)13(3-14(8)10)7-6(17)5(16)4(2-15)19-7/h4-7,15-17H,2-3,10H2,1H3,(H,11,12,18)/t4-,5?,6?,7-/m1/s1. The molecule has 4 atom stereocenters. The van der Waals surface area contributed by atoms with E-state index in [9.17, 15) is 15.0 Å². The Labute approximate surface area is 109 Å². The number of guanidine groups is 1. The molecule has 0 saturated carbocycles. The van der Waals surface area contributed by atoms with Gasteiger partial charge >= 0.3 is 6.03 Å². The Hall–Kier alpha value is -1.46. The van der Waals surface area contributed by atoms with Crippen LogP contribution >= 0.6 is 0 Å². The van der Waals surface area contributed by atoms with E-state index in [0.29, 0.717) is 0 Å². The highest BCUT2D eigenvalue weighted by molar-refractivity contribution is 5.97. The first-order valence-corrected chi connectivity index (χ1v) is 5.68. The van der Waals surface area contributed by atoms with Crippen molar-refractivity contribution in [3.8, 4) is 0 Å². The minimum Gasteiger partial charge on any atom is -0.394 e. The molecule has 108 valence electrons. The Kier molecular flexibility index (Phi) is 3.87. The summed E-state index contributed by atoms with van der Waals surface area (Å²) in [5, 5.41) is 32.1. The van der Waals surface area contributed by atoms with Crippen molar-refractivity contribution in [1.82, 2.24) is 15.2 Å². The van der Waals surface area contributed by atoms with Crippen LogP contribution in [0.3, 0.4) is 0 Å². The predicted octanol–water partition coefficient (Wildman–Crippen LogP) is -3.43. The monoisotopic (exact) mass is 275 g/mol. The molecule has 6 N–H and O–H groups in total. The van der Waals surface area contributed by atoms with Crippen LogP contribution in [0.1, 0.15) is 0 Å². The second-order valence-electron chi connectivity index (χ2n) is 4.29. The van der Waals surface area contributed by atoms with Gasteiger partial charge in [0, 0.05) is 7.05 Å². The molecule has 2 heterocycles. The number of aliphatic hydroxyl groups is 3. The summed E-state index contributed by atoms with van der Waals surface area (Å²) in [6.45, 7) is -0.525. The van der Waals surface area contributed by atoms with Gasteiger partial charge in [0.25, 0.3) is 0 Å².